The molecule has 180 valence electrons. The number of hydrogen-bond donors (Lipinski definition) is 1. The molecule has 1 aliphatic carbocycles. The van der Waals surface area contributed by atoms with E-state index >= 15 is 0 Å². The molecule has 1 saturated carbocycles. The number of nitrogens with one attached hydrogen (secondary N) is 1. The van der Waals surface area contributed by atoms with Crippen LogP contribution in [0.1, 0.15) is 43.7 Å². The number of alkyl halides is 3. The number of aromatic nitrogens is 3. The van der Waals surface area contributed by atoms with Gasteiger partial charge in [-0.15, -0.1) is 10.2 Å². The highest BCUT2D eigenvalue weighted by Gasteiger charge is 2.33. The van der Waals surface area contributed by atoms with Crippen molar-refractivity contribution < 1.29 is 22.7 Å². The molecule has 1 aliphatic rings. The number of halogens is 3. The molecule has 4 rings (SSSR count). The number of anilines is 1. The highest BCUT2D eigenvalue weighted by molar-refractivity contribution is 7.99. The Balaban J connectivity index is 1.54. The van der Waals surface area contributed by atoms with Crippen LogP contribution in [-0.4, -0.2) is 33.5 Å². The molecular formula is C24H25F3N4O2S. The summed E-state index contributed by atoms with van der Waals surface area (Å²) < 4.78 is 47.0. The van der Waals surface area contributed by atoms with Gasteiger partial charge in [-0.2, -0.15) is 13.2 Å². The second-order valence-corrected chi connectivity index (χ2v) is 9.02. The molecule has 6 nitrogen and oxygen atoms in total. The van der Waals surface area contributed by atoms with Crippen LogP contribution in [0.5, 0.6) is 5.75 Å². The van der Waals surface area contributed by atoms with Crippen molar-refractivity contribution in [1.82, 2.24) is 14.8 Å². The Morgan fingerprint density at radius 2 is 1.79 bits per heavy atom. The van der Waals surface area contributed by atoms with Gasteiger partial charge in [0, 0.05) is 11.6 Å². The summed E-state index contributed by atoms with van der Waals surface area (Å²) in [5.41, 5.74) is -0.247. The van der Waals surface area contributed by atoms with Crippen molar-refractivity contribution in [1.29, 1.82) is 0 Å². The highest BCUT2D eigenvalue weighted by atomic mass is 32.2. The van der Waals surface area contributed by atoms with Crippen LogP contribution in [0, 0.1) is 0 Å². The van der Waals surface area contributed by atoms with Gasteiger partial charge < -0.3 is 10.1 Å². The van der Waals surface area contributed by atoms with E-state index in [1.807, 2.05) is 24.3 Å². The number of thioether (sulfide) groups is 1. The van der Waals surface area contributed by atoms with Gasteiger partial charge in [0.2, 0.25) is 5.91 Å². The number of nitrogens with zero attached hydrogens (tertiary/aromatic N) is 3. The molecule has 1 fully saturated rings. The Labute approximate surface area is 199 Å². The second kappa shape index (κ2) is 10.5. The van der Waals surface area contributed by atoms with Crippen molar-refractivity contribution >= 4 is 23.4 Å². The summed E-state index contributed by atoms with van der Waals surface area (Å²) in [7, 11) is 1.60. The minimum absolute atomic E-state index is 0.0837. The minimum Gasteiger partial charge on any atom is -0.497 e. The average molecular weight is 491 g/mol. The summed E-state index contributed by atoms with van der Waals surface area (Å²) in [5.74, 6) is 0.822. The van der Waals surface area contributed by atoms with Crippen LogP contribution in [0.15, 0.2) is 53.7 Å². The SMILES string of the molecule is COc1ccc(-c2nnc(SCC(=O)Nc3ccccc3C(F)(F)F)n2C2CCCCC2)cc1. The quantitative estimate of drug-likeness (QED) is 0.399. The zero-order valence-corrected chi connectivity index (χ0v) is 19.5. The molecular weight excluding hydrogens is 465 g/mol. The van der Waals surface area contributed by atoms with Crippen LogP contribution in [0.25, 0.3) is 11.4 Å². The molecule has 0 saturated heterocycles. The standard InChI is InChI=1S/C24H25F3N4O2S/c1-33-18-13-11-16(12-14-18)22-29-30-23(31(22)17-7-3-2-4-8-17)34-15-21(32)28-20-10-6-5-9-19(20)24(25,26)27/h5-6,9-14,17H,2-4,7-8,15H2,1H3,(H,28,32). The molecule has 0 aliphatic heterocycles. The monoisotopic (exact) mass is 490 g/mol. The summed E-state index contributed by atoms with van der Waals surface area (Å²) in [6.45, 7) is 0. The van der Waals surface area contributed by atoms with Crippen LogP contribution in [0.3, 0.4) is 0 Å². The van der Waals surface area contributed by atoms with Crippen LogP contribution in [0.2, 0.25) is 0 Å². The Bertz CT molecular complexity index is 1130. The Kier molecular flexibility index (Phi) is 7.45. The van der Waals surface area contributed by atoms with Crippen molar-refractivity contribution in [3.8, 4) is 17.1 Å². The Morgan fingerprint density at radius 1 is 1.09 bits per heavy atom. The van der Waals surface area contributed by atoms with Gasteiger partial charge in [-0.1, -0.05) is 43.2 Å². The van der Waals surface area contributed by atoms with Crippen LogP contribution in [0.4, 0.5) is 18.9 Å². The lowest BCUT2D eigenvalue weighted by molar-refractivity contribution is -0.137. The molecule has 1 aromatic heterocycles. The van der Waals surface area contributed by atoms with E-state index < -0.39 is 17.6 Å². The molecule has 10 heteroatoms. The van der Waals surface area contributed by atoms with Gasteiger partial charge in [0.25, 0.3) is 0 Å². The number of hydrogen-bond acceptors (Lipinski definition) is 5. The lowest BCUT2D eigenvalue weighted by Gasteiger charge is -2.25. The molecule has 0 unspecified atom stereocenters. The fraction of sp³-hybridized carbons (Fsp3) is 0.375. The van der Waals surface area contributed by atoms with Crippen LogP contribution in [-0.2, 0) is 11.0 Å². The van der Waals surface area contributed by atoms with Crippen molar-refractivity contribution in [3.05, 3.63) is 54.1 Å². The summed E-state index contributed by atoms with van der Waals surface area (Å²) in [5, 5.41) is 11.7. The Hall–Kier alpha value is -3.01. The van der Waals surface area contributed by atoms with Gasteiger partial charge in [-0.25, -0.2) is 0 Å². The van der Waals surface area contributed by atoms with Crippen molar-refractivity contribution in [3.63, 3.8) is 0 Å². The molecule has 1 amide bonds. The summed E-state index contributed by atoms with van der Waals surface area (Å²) in [6.07, 6.45) is 0.804. The van der Waals surface area contributed by atoms with Crippen molar-refractivity contribution in [2.45, 2.75) is 49.5 Å². The van der Waals surface area contributed by atoms with Gasteiger partial charge >= 0.3 is 6.18 Å². The number of para-hydroxylation sites is 1. The number of carbonyl (C=O) groups is 1. The molecule has 0 bridgehead atoms. The molecule has 0 atom stereocenters. The lowest BCUT2D eigenvalue weighted by Crippen LogP contribution is -2.19. The normalized spacial score (nSPS) is 14.7. The smallest absolute Gasteiger partial charge is 0.418 e. The van der Waals surface area contributed by atoms with Crippen LogP contribution < -0.4 is 10.1 Å². The van der Waals surface area contributed by atoms with E-state index in [-0.39, 0.29) is 17.5 Å². The summed E-state index contributed by atoms with van der Waals surface area (Å²) in [6, 6.07) is 12.7. The summed E-state index contributed by atoms with van der Waals surface area (Å²) >= 11 is 1.18. The molecule has 2 aromatic carbocycles. The maximum atomic E-state index is 13.2. The summed E-state index contributed by atoms with van der Waals surface area (Å²) in [4.78, 5) is 12.5. The maximum Gasteiger partial charge on any atom is 0.418 e. The first-order valence-electron chi connectivity index (χ1n) is 11.0. The van der Waals surface area contributed by atoms with Gasteiger partial charge in [-0.05, 0) is 49.2 Å². The van der Waals surface area contributed by atoms with E-state index in [0.717, 1.165) is 43.1 Å². The molecule has 1 N–H and O–H groups in total. The number of rotatable bonds is 7. The minimum atomic E-state index is -4.55. The molecule has 0 spiro atoms. The number of carbonyl (C=O) groups excluding carboxylic acids is 1. The third-order valence-electron chi connectivity index (χ3n) is 5.79. The van der Waals surface area contributed by atoms with E-state index in [1.54, 1.807) is 7.11 Å². The second-order valence-electron chi connectivity index (χ2n) is 8.08. The number of methoxy groups -OCH3 is 1. The average Bonchev–Trinajstić information content (AvgIpc) is 3.27. The van der Waals surface area contributed by atoms with E-state index in [2.05, 4.69) is 20.1 Å². The van der Waals surface area contributed by atoms with E-state index in [4.69, 9.17) is 4.74 Å². The van der Waals surface area contributed by atoms with Gasteiger partial charge in [0.15, 0.2) is 11.0 Å². The lowest BCUT2D eigenvalue weighted by atomic mass is 9.95. The number of amides is 1. The van der Waals surface area contributed by atoms with Gasteiger partial charge in [-0.3, -0.25) is 9.36 Å². The van der Waals surface area contributed by atoms with Gasteiger partial charge in [0.05, 0.1) is 24.1 Å². The zero-order valence-electron chi connectivity index (χ0n) is 18.6. The van der Waals surface area contributed by atoms with Crippen molar-refractivity contribution in [2.24, 2.45) is 0 Å². The first-order valence-corrected chi connectivity index (χ1v) is 12.0. The van der Waals surface area contributed by atoms with Gasteiger partial charge in [0.1, 0.15) is 5.75 Å². The fourth-order valence-electron chi connectivity index (χ4n) is 4.14. The molecule has 1 heterocycles. The predicted molar refractivity (Wildman–Crippen MR) is 125 cm³/mol. The molecule has 0 radical (unpaired) electrons. The van der Waals surface area contributed by atoms with E-state index in [1.165, 1.54) is 36.4 Å². The molecule has 3 aromatic rings. The predicted octanol–water partition coefficient (Wildman–Crippen LogP) is 6.21. The zero-order chi connectivity index (χ0) is 24.1. The number of ether oxygens (including phenoxy) is 1. The van der Waals surface area contributed by atoms with Crippen molar-refractivity contribution in [2.75, 3.05) is 18.2 Å². The topological polar surface area (TPSA) is 69.0 Å². The van der Waals surface area contributed by atoms with Crippen LogP contribution >= 0.6 is 11.8 Å². The fourth-order valence-corrected chi connectivity index (χ4v) is 4.94. The Morgan fingerprint density at radius 3 is 2.47 bits per heavy atom. The van der Waals surface area contributed by atoms with E-state index in [9.17, 15) is 18.0 Å². The number of benzene rings is 2. The highest BCUT2D eigenvalue weighted by Crippen LogP contribution is 2.37. The maximum absolute atomic E-state index is 13.2. The third kappa shape index (κ3) is 5.55. The largest absolute Gasteiger partial charge is 0.497 e. The third-order valence-corrected chi connectivity index (χ3v) is 6.73. The first-order chi connectivity index (χ1) is 16.4. The first kappa shape index (κ1) is 24.1. The van der Waals surface area contributed by atoms with E-state index in [0.29, 0.717) is 11.0 Å². The molecule has 34 heavy (non-hydrogen) atoms.